The van der Waals surface area contributed by atoms with Gasteiger partial charge in [-0.2, -0.15) is 0 Å². The highest BCUT2D eigenvalue weighted by Crippen LogP contribution is 2.18. The third kappa shape index (κ3) is 52.2. The molecule has 0 aliphatic heterocycles. The lowest BCUT2D eigenvalue weighted by atomic mass is 10.0. The molecule has 392 valence electrons. The van der Waals surface area contributed by atoms with E-state index in [-0.39, 0.29) is 18.9 Å². The van der Waals surface area contributed by atoms with Crippen molar-refractivity contribution in [2.75, 3.05) is 6.61 Å². The first-order valence-corrected chi connectivity index (χ1v) is 30.1. The normalized spacial score (nSPS) is 13.3. The summed E-state index contributed by atoms with van der Waals surface area (Å²) in [6, 6.07) is -0.657. The third-order valence-electron chi connectivity index (χ3n) is 14.3. The number of unbranched alkanes of at least 4 members (excludes halogenated alkanes) is 43. The zero-order chi connectivity index (χ0) is 47.9. The molecule has 0 aromatic rings. The Labute approximate surface area is 413 Å². The number of nitrogens with one attached hydrogen (secondary N) is 1. The molecule has 0 fully saturated rings. The van der Waals surface area contributed by atoms with Crippen molar-refractivity contribution in [1.29, 1.82) is 0 Å². The molecule has 0 rings (SSSR count). The molecule has 0 aliphatic carbocycles. The Hall–Kier alpha value is -1.17. The predicted octanol–water partition coefficient (Wildman–Crippen LogP) is 18.8. The van der Waals surface area contributed by atoms with Crippen molar-refractivity contribution in [2.24, 2.45) is 0 Å². The number of aliphatic hydroxyl groups excluding tert-OH is 3. The van der Waals surface area contributed by atoms with E-state index in [9.17, 15) is 20.1 Å². The van der Waals surface area contributed by atoms with Gasteiger partial charge >= 0.3 is 0 Å². The first kappa shape index (κ1) is 64.8. The maximum Gasteiger partial charge on any atom is 0.222 e. The molecule has 66 heavy (non-hydrogen) atoms. The lowest BCUT2D eigenvalue weighted by Gasteiger charge is -2.23. The number of carbonyl (C=O) groups excluding carboxylic acids is 1. The quantitative estimate of drug-likeness (QED) is 0.0361. The van der Waals surface area contributed by atoms with Crippen molar-refractivity contribution in [2.45, 2.75) is 353 Å². The second-order valence-electron chi connectivity index (χ2n) is 21.0. The van der Waals surface area contributed by atoms with Crippen LogP contribution in [0.2, 0.25) is 0 Å². The first-order valence-electron chi connectivity index (χ1n) is 30.1. The Morgan fingerprint density at radius 2 is 0.652 bits per heavy atom. The van der Waals surface area contributed by atoms with Crippen LogP contribution in [0, 0.1) is 0 Å². The topological polar surface area (TPSA) is 89.8 Å². The molecule has 0 spiro atoms. The van der Waals surface area contributed by atoms with Gasteiger partial charge < -0.3 is 20.6 Å². The molecule has 0 aromatic carbocycles. The van der Waals surface area contributed by atoms with Crippen molar-refractivity contribution in [3.63, 3.8) is 0 Å². The molecule has 0 aromatic heterocycles. The van der Waals surface area contributed by atoms with Crippen LogP contribution in [0.4, 0.5) is 0 Å². The van der Waals surface area contributed by atoms with Gasteiger partial charge in [0.2, 0.25) is 5.91 Å². The maximum absolute atomic E-state index is 12.5. The molecular formula is C61H119NO4. The number of amides is 1. The number of hydrogen-bond acceptors (Lipinski definition) is 4. The van der Waals surface area contributed by atoms with Crippen molar-refractivity contribution in [3.05, 3.63) is 24.3 Å². The van der Waals surface area contributed by atoms with Crippen LogP contribution in [0.3, 0.4) is 0 Å². The maximum atomic E-state index is 12.5. The molecule has 0 saturated carbocycles. The molecule has 0 aliphatic rings. The number of hydrogen-bond donors (Lipinski definition) is 4. The van der Waals surface area contributed by atoms with E-state index in [1.165, 1.54) is 270 Å². The number of allylic oxidation sites excluding steroid dienone is 4. The predicted molar refractivity (Wildman–Crippen MR) is 292 cm³/mol. The average molecular weight is 931 g/mol. The second-order valence-corrected chi connectivity index (χ2v) is 21.0. The van der Waals surface area contributed by atoms with Crippen molar-refractivity contribution >= 4 is 5.91 Å². The molecule has 3 unspecified atom stereocenters. The van der Waals surface area contributed by atoms with E-state index in [4.69, 9.17) is 0 Å². The highest BCUT2D eigenvalue weighted by molar-refractivity contribution is 5.76. The van der Waals surface area contributed by atoms with Crippen LogP contribution >= 0.6 is 0 Å². The number of aliphatic hydroxyl groups is 3. The lowest BCUT2D eigenvalue weighted by molar-refractivity contribution is -0.125. The molecule has 5 heteroatoms. The molecule has 1 amide bonds. The van der Waals surface area contributed by atoms with Gasteiger partial charge in [0.1, 0.15) is 0 Å². The largest absolute Gasteiger partial charge is 0.394 e. The molecular weight excluding hydrogens is 811 g/mol. The van der Waals surface area contributed by atoms with Crippen LogP contribution in [-0.2, 0) is 4.79 Å². The van der Waals surface area contributed by atoms with Gasteiger partial charge in [0, 0.05) is 0 Å². The van der Waals surface area contributed by atoms with Crippen molar-refractivity contribution < 1.29 is 20.1 Å². The lowest BCUT2D eigenvalue weighted by Crippen LogP contribution is -2.46. The highest BCUT2D eigenvalue weighted by Gasteiger charge is 2.21. The molecule has 0 radical (unpaired) electrons. The fourth-order valence-corrected chi connectivity index (χ4v) is 9.67. The molecule has 0 heterocycles. The zero-order valence-electron chi connectivity index (χ0n) is 44.9. The van der Waals surface area contributed by atoms with E-state index in [1.807, 2.05) is 0 Å². The number of carbonyl (C=O) groups is 1. The summed E-state index contributed by atoms with van der Waals surface area (Å²) >= 11 is 0. The fourth-order valence-electron chi connectivity index (χ4n) is 9.67. The minimum atomic E-state index is -0.747. The summed E-state index contributed by atoms with van der Waals surface area (Å²) in [4.78, 5) is 12.5. The molecule has 3 atom stereocenters. The Morgan fingerprint density at radius 1 is 0.379 bits per heavy atom. The Morgan fingerprint density at radius 3 is 0.955 bits per heavy atom. The smallest absolute Gasteiger partial charge is 0.222 e. The minimum Gasteiger partial charge on any atom is -0.394 e. The van der Waals surface area contributed by atoms with Gasteiger partial charge in [-0.1, -0.05) is 308 Å². The van der Waals surface area contributed by atoms with Gasteiger partial charge in [0.15, 0.2) is 0 Å². The zero-order valence-corrected chi connectivity index (χ0v) is 44.9. The summed E-state index contributed by atoms with van der Waals surface area (Å²) in [5.41, 5.74) is 0. The van der Waals surface area contributed by atoms with Crippen LogP contribution in [0.1, 0.15) is 335 Å². The molecule has 4 N–H and O–H groups in total. The summed E-state index contributed by atoms with van der Waals surface area (Å²) < 4.78 is 0. The van der Waals surface area contributed by atoms with Gasteiger partial charge in [-0.05, 0) is 44.9 Å². The Bertz CT molecular complexity index is 982. The van der Waals surface area contributed by atoms with Gasteiger partial charge in [0.05, 0.1) is 31.3 Å². The minimum absolute atomic E-state index is 0.0392. The van der Waals surface area contributed by atoms with Crippen LogP contribution in [0.15, 0.2) is 24.3 Å². The van der Waals surface area contributed by atoms with Gasteiger partial charge in [-0.3, -0.25) is 4.79 Å². The molecule has 5 nitrogen and oxygen atoms in total. The Kier molecular flexibility index (Phi) is 55.4. The van der Waals surface area contributed by atoms with Gasteiger partial charge in [0.25, 0.3) is 0 Å². The van der Waals surface area contributed by atoms with Crippen LogP contribution in [-0.4, -0.2) is 46.1 Å². The summed E-state index contributed by atoms with van der Waals surface area (Å²) in [6.07, 6.45) is 72.2. The van der Waals surface area contributed by atoms with Crippen LogP contribution in [0.25, 0.3) is 0 Å². The van der Waals surface area contributed by atoms with E-state index in [2.05, 4.69) is 43.5 Å². The van der Waals surface area contributed by atoms with E-state index in [1.54, 1.807) is 0 Å². The number of rotatable bonds is 56. The fraction of sp³-hybridized carbons (Fsp3) is 0.918. The van der Waals surface area contributed by atoms with Gasteiger partial charge in [-0.15, -0.1) is 0 Å². The van der Waals surface area contributed by atoms with Crippen molar-refractivity contribution in [1.82, 2.24) is 5.32 Å². The standard InChI is InChI=1S/C61H119NO4/c1-3-5-7-9-11-13-15-17-19-20-21-22-23-24-25-26-27-28-29-30-31-32-33-34-35-36-37-38-39-40-41-42-44-46-48-50-52-54-58(64)56-61(66)62-59(57-63)60(65)55-53-51-49-47-45-43-18-16-14-12-10-8-6-4-2/h27-28,30-31,58-60,63-65H,3-26,29,32-57H2,1-2H3,(H,62,66)/b28-27-,31-30-. The van der Waals surface area contributed by atoms with Crippen LogP contribution in [0.5, 0.6) is 0 Å². The van der Waals surface area contributed by atoms with E-state index in [0.717, 1.165) is 32.1 Å². The third-order valence-corrected chi connectivity index (χ3v) is 14.3. The van der Waals surface area contributed by atoms with E-state index in [0.29, 0.717) is 12.8 Å². The van der Waals surface area contributed by atoms with Crippen LogP contribution < -0.4 is 5.32 Å². The highest BCUT2D eigenvalue weighted by atomic mass is 16.3. The van der Waals surface area contributed by atoms with Crippen molar-refractivity contribution in [3.8, 4) is 0 Å². The monoisotopic (exact) mass is 930 g/mol. The average Bonchev–Trinajstić information content (AvgIpc) is 3.31. The second kappa shape index (κ2) is 56.4. The summed E-state index contributed by atoms with van der Waals surface area (Å²) in [6.45, 7) is 4.29. The SMILES string of the molecule is CCCCCCCCCCCCCCCCC/C=C\C/C=C\CCCCCCCCCCCCCCCCCC(O)CC(=O)NC(CO)C(O)CCCCCCCCCCCCCCCC. The Balaban J connectivity index is 3.45. The summed E-state index contributed by atoms with van der Waals surface area (Å²) in [7, 11) is 0. The summed E-state index contributed by atoms with van der Waals surface area (Å²) in [5.74, 6) is -0.279. The van der Waals surface area contributed by atoms with E-state index >= 15 is 0 Å². The molecule has 0 saturated heterocycles. The van der Waals surface area contributed by atoms with E-state index < -0.39 is 18.2 Å². The van der Waals surface area contributed by atoms with Gasteiger partial charge in [-0.25, -0.2) is 0 Å². The molecule has 0 bridgehead atoms. The first-order chi connectivity index (χ1) is 32.5. The summed E-state index contributed by atoms with van der Waals surface area (Å²) in [5, 5.41) is 33.6.